The van der Waals surface area contributed by atoms with Gasteiger partial charge in [-0.2, -0.15) is 5.26 Å². The monoisotopic (exact) mass is 195 g/mol. The lowest BCUT2D eigenvalue weighted by molar-refractivity contribution is 0.426. The van der Waals surface area contributed by atoms with E-state index in [1.807, 2.05) is 6.07 Å². The van der Waals surface area contributed by atoms with E-state index in [0.29, 0.717) is 5.01 Å². The SMILES string of the molecule is CC(C)(C)NCc1cnc(C#N)s1. The minimum atomic E-state index is 0.108. The Morgan fingerprint density at radius 3 is 2.77 bits per heavy atom. The van der Waals surface area contributed by atoms with Crippen molar-refractivity contribution in [3.63, 3.8) is 0 Å². The van der Waals surface area contributed by atoms with Crippen LogP contribution in [0.5, 0.6) is 0 Å². The largest absolute Gasteiger partial charge is 0.307 e. The van der Waals surface area contributed by atoms with Gasteiger partial charge in [-0.25, -0.2) is 4.98 Å². The first-order chi connectivity index (χ1) is 6.01. The van der Waals surface area contributed by atoms with Crippen LogP contribution in [0.4, 0.5) is 0 Å². The van der Waals surface area contributed by atoms with Crippen molar-refractivity contribution < 1.29 is 0 Å². The lowest BCUT2D eigenvalue weighted by Gasteiger charge is -2.19. The van der Waals surface area contributed by atoms with Crippen molar-refractivity contribution in [1.29, 1.82) is 5.26 Å². The topological polar surface area (TPSA) is 48.7 Å². The molecule has 0 saturated carbocycles. The highest BCUT2D eigenvalue weighted by Gasteiger charge is 2.09. The van der Waals surface area contributed by atoms with Gasteiger partial charge in [0.05, 0.1) is 0 Å². The lowest BCUT2D eigenvalue weighted by Crippen LogP contribution is -2.34. The second kappa shape index (κ2) is 3.86. The highest BCUT2D eigenvalue weighted by atomic mass is 32.1. The molecule has 3 nitrogen and oxygen atoms in total. The summed E-state index contributed by atoms with van der Waals surface area (Å²) in [6, 6.07) is 2.02. The fourth-order valence-electron chi connectivity index (χ4n) is 0.793. The van der Waals surface area contributed by atoms with Gasteiger partial charge in [-0.15, -0.1) is 11.3 Å². The maximum absolute atomic E-state index is 8.56. The second-order valence-corrected chi connectivity index (χ2v) is 4.96. The van der Waals surface area contributed by atoms with Crippen LogP contribution in [0.1, 0.15) is 30.7 Å². The summed E-state index contributed by atoms with van der Waals surface area (Å²) in [5.41, 5.74) is 0.108. The molecule has 1 heterocycles. The predicted molar refractivity (Wildman–Crippen MR) is 53.4 cm³/mol. The molecule has 0 aliphatic rings. The van der Waals surface area contributed by atoms with E-state index >= 15 is 0 Å². The molecule has 0 spiro atoms. The van der Waals surface area contributed by atoms with E-state index in [1.54, 1.807) is 6.20 Å². The average Bonchev–Trinajstić information content (AvgIpc) is 2.47. The quantitative estimate of drug-likeness (QED) is 0.784. The summed E-state index contributed by atoms with van der Waals surface area (Å²) in [6.07, 6.45) is 1.75. The second-order valence-electron chi connectivity index (χ2n) is 3.85. The van der Waals surface area contributed by atoms with Crippen molar-refractivity contribution in [2.24, 2.45) is 0 Å². The third kappa shape index (κ3) is 3.53. The first kappa shape index (κ1) is 10.2. The van der Waals surface area contributed by atoms with Crippen LogP contribution in [0.25, 0.3) is 0 Å². The molecule has 0 aliphatic heterocycles. The Labute approximate surface area is 82.4 Å². The molecule has 1 aromatic rings. The smallest absolute Gasteiger partial charge is 0.194 e. The lowest BCUT2D eigenvalue weighted by atomic mass is 10.1. The number of nitriles is 1. The van der Waals surface area contributed by atoms with Crippen molar-refractivity contribution in [1.82, 2.24) is 10.3 Å². The molecule has 0 radical (unpaired) electrons. The van der Waals surface area contributed by atoms with Gasteiger partial charge < -0.3 is 5.32 Å². The summed E-state index contributed by atoms with van der Waals surface area (Å²) < 4.78 is 0. The number of aromatic nitrogens is 1. The number of thiazole rings is 1. The van der Waals surface area contributed by atoms with Crippen LogP contribution in [-0.4, -0.2) is 10.5 Å². The molecule has 0 aliphatic carbocycles. The summed E-state index contributed by atoms with van der Waals surface area (Å²) in [5, 5.41) is 12.4. The number of rotatable bonds is 2. The zero-order valence-corrected chi connectivity index (χ0v) is 8.90. The van der Waals surface area contributed by atoms with E-state index in [9.17, 15) is 0 Å². The van der Waals surface area contributed by atoms with Gasteiger partial charge in [-0.1, -0.05) is 0 Å². The average molecular weight is 195 g/mol. The third-order valence-corrected chi connectivity index (χ3v) is 2.34. The summed E-state index contributed by atoms with van der Waals surface area (Å²) in [6.45, 7) is 7.11. The first-order valence-corrected chi connectivity index (χ1v) is 4.93. The summed E-state index contributed by atoms with van der Waals surface area (Å²) in [7, 11) is 0. The minimum Gasteiger partial charge on any atom is -0.307 e. The van der Waals surface area contributed by atoms with E-state index < -0.39 is 0 Å². The van der Waals surface area contributed by atoms with Gasteiger partial charge in [0.1, 0.15) is 6.07 Å². The highest BCUT2D eigenvalue weighted by Crippen LogP contribution is 2.12. The van der Waals surface area contributed by atoms with Gasteiger partial charge in [0.2, 0.25) is 0 Å². The van der Waals surface area contributed by atoms with Gasteiger partial charge in [0, 0.05) is 23.2 Å². The Hall–Kier alpha value is -0.920. The fraction of sp³-hybridized carbons (Fsp3) is 0.556. The number of nitrogens with zero attached hydrogens (tertiary/aromatic N) is 2. The van der Waals surface area contributed by atoms with E-state index in [0.717, 1.165) is 11.4 Å². The molecule has 1 aromatic heterocycles. The van der Waals surface area contributed by atoms with Gasteiger partial charge in [0.25, 0.3) is 0 Å². The molecule has 0 bridgehead atoms. The number of hydrogen-bond donors (Lipinski definition) is 1. The number of hydrogen-bond acceptors (Lipinski definition) is 4. The normalized spacial score (nSPS) is 11.2. The molecule has 0 aromatic carbocycles. The van der Waals surface area contributed by atoms with Crippen LogP contribution in [0.2, 0.25) is 0 Å². The molecule has 0 saturated heterocycles. The molecule has 0 fully saturated rings. The molecule has 1 rings (SSSR count). The third-order valence-electron chi connectivity index (χ3n) is 1.44. The Morgan fingerprint density at radius 2 is 2.31 bits per heavy atom. The number of nitrogens with one attached hydrogen (secondary N) is 1. The standard InChI is InChI=1S/C9H13N3S/c1-9(2,3)12-6-7-5-11-8(4-10)13-7/h5,12H,6H2,1-3H3. The molecular formula is C9H13N3S. The van der Waals surface area contributed by atoms with E-state index in [4.69, 9.17) is 5.26 Å². The predicted octanol–water partition coefficient (Wildman–Crippen LogP) is 1.90. The Morgan fingerprint density at radius 1 is 1.62 bits per heavy atom. The molecule has 13 heavy (non-hydrogen) atoms. The summed E-state index contributed by atoms with van der Waals surface area (Å²) >= 11 is 1.44. The van der Waals surface area contributed by atoms with Crippen LogP contribution in [0.3, 0.4) is 0 Å². The van der Waals surface area contributed by atoms with Crippen LogP contribution in [-0.2, 0) is 6.54 Å². The van der Waals surface area contributed by atoms with Crippen LogP contribution < -0.4 is 5.32 Å². The van der Waals surface area contributed by atoms with Crippen LogP contribution in [0.15, 0.2) is 6.20 Å². The van der Waals surface area contributed by atoms with Crippen molar-refractivity contribution in [3.05, 3.63) is 16.1 Å². The van der Waals surface area contributed by atoms with Crippen molar-refractivity contribution in [3.8, 4) is 6.07 Å². The molecule has 0 unspecified atom stereocenters. The molecular weight excluding hydrogens is 182 g/mol. The summed E-state index contributed by atoms with van der Waals surface area (Å²) in [5.74, 6) is 0. The fourth-order valence-corrected chi connectivity index (χ4v) is 1.44. The first-order valence-electron chi connectivity index (χ1n) is 4.11. The van der Waals surface area contributed by atoms with Gasteiger partial charge >= 0.3 is 0 Å². The Kier molecular flexibility index (Phi) is 3.02. The molecule has 70 valence electrons. The maximum atomic E-state index is 8.56. The maximum Gasteiger partial charge on any atom is 0.194 e. The van der Waals surface area contributed by atoms with Gasteiger partial charge in [-0.3, -0.25) is 0 Å². The Bertz CT molecular complexity index is 316. The summed E-state index contributed by atoms with van der Waals surface area (Å²) in [4.78, 5) is 5.06. The van der Waals surface area contributed by atoms with Crippen LogP contribution in [0, 0.1) is 11.3 Å². The van der Waals surface area contributed by atoms with Crippen molar-refractivity contribution >= 4 is 11.3 Å². The molecule has 0 atom stereocenters. The Balaban J connectivity index is 2.52. The highest BCUT2D eigenvalue weighted by molar-refractivity contribution is 7.12. The molecule has 0 amide bonds. The van der Waals surface area contributed by atoms with E-state index in [1.165, 1.54) is 11.3 Å². The molecule has 4 heteroatoms. The van der Waals surface area contributed by atoms with E-state index in [-0.39, 0.29) is 5.54 Å². The molecule has 1 N–H and O–H groups in total. The van der Waals surface area contributed by atoms with Crippen molar-refractivity contribution in [2.45, 2.75) is 32.9 Å². The van der Waals surface area contributed by atoms with Gasteiger partial charge in [-0.05, 0) is 20.8 Å². The zero-order valence-electron chi connectivity index (χ0n) is 8.09. The van der Waals surface area contributed by atoms with Gasteiger partial charge in [0.15, 0.2) is 5.01 Å². The minimum absolute atomic E-state index is 0.108. The van der Waals surface area contributed by atoms with E-state index in [2.05, 4.69) is 31.1 Å². The zero-order chi connectivity index (χ0) is 9.90. The van der Waals surface area contributed by atoms with Crippen molar-refractivity contribution in [2.75, 3.05) is 0 Å². The van der Waals surface area contributed by atoms with Crippen LogP contribution >= 0.6 is 11.3 Å².